The van der Waals surface area contributed by atoms with Crippen LogP contribution in [0.2, 0.25) is 5.02 Å². The monoisotopic (exact) mass is 318 g/mol. The number of hydrogen-bond donors (Lipinski definition) is 1. The van der Waals surface area contributed by atoms with Gasteiger partial charge in [-0.3, -0.25) is 4.90 Å². The number of furan rings is 1. The van der Waals surface area contributed by atoms with Crippen molar-refractivity contribution in [3.63, 3.8) is 0 Å². The predicted octanol–water partition coefficient (Wildman–Crippen LogP) is 4.25. The first-order chi connectivity index (χ1) is 10.8. The summed E-state index contributed by atoms with van der Waals surface area (Å²) in [7, 11) is 0. The fourth-order valence-electron chi connectivity index (χ4n) is 3.08. The first-order valence-electron chi connectivity index (χ1n) is 8.05. The Bertz CT molecular complexity index is 547. The van der Waals surface area contributed by atoms with Gasteiger partial charge in [-0.25, -0.2) is 0 Å². The van der Waals surface area contributed by atoms with Crippen molar-refractivity contribution in [3.8, 4) is 0 Å². The fourth-order valence-corrected chi connectivity index (χ4v) is 3.20. The minimum absolute atomic E-state index is 0.322. The average Bonchev–Trinajstić information content (AvgIpc) is 3.08. The van der Waals surface area contributed by atoms with Crippen molar-refractivity contribution in [2.75, 3.05) is 19.6 Å². The lowest BCUT2D eigenvalue weighted by Crippen LogP contribution is -2.38. The van der Waals surface area contributed by atoms with E-state index in [4.69, 9.17) is 16.0 Å². The lowest BCUT2D eigenvalue weighted by molar-refractivity contribution is 0.142. The van der Waals surface area contributed by atoms with Crippen LogP contribution in [0.15, 0.2) is 47.1 Å². The highest BCUT2D eigenvalue weighted by molar-refractivity contribution is 6.30. The highest BCUT2D eigenvalue weighted by atomic mass is 35.5. The van der Waals surface area contributed by atoms with Crippen LogP contribution in [0.3, 0.4) is 0 Å². The van der Waals surface area contributed by atoms with Crippen LogP contribution in [0.4, 0.5) is 0 Å². The molecule has 3 rings (SSSR count). The van der Waals surface area contributed by atoms with Crippen molar-refractivity contribution in [2.45, 2.75) is 31.8 Å². The Morgan fingerprint density at radius 3 is 2.55 bits per heavy atom. The van der Waals surface area contributed by atoms with E-state index in [0.29, 0.717) is 6.04 Å². The summed E-state index contributed by atoms with van der Waals surface area (Å²) < 4.78 is 5.67. The van der Waals surface area contributed by atoms with Crippen LogP contribution in [0, 0.1) is 0 Å². The molecule has 2 heterocycles. The molecule has 22 heavy (non-hydrogen) atoms. The van der Waals surface area contributed by atoms with Gasteiger partial charge < -0.3 is 9.73 Å². The second-order valence-corrected chi connectivity index (χ2v) is 6.32. The van der Waals surface area contributed by atoms with Crippen molar-refractivity contribution >= 4 is 11.6 Å². The van der Waals surface area contributed by atoms with Gasteiger partial charge in [-0.15, -0.1) is 0 Å². The van der Waals surface area contributed by atoms with E-state index in [1.165, 1.54) is 24.8 Å². The summed E-state index contributed by atoms with van der Waals surface area (Å²) in [6, 6.07) is 12.4. The summed E-state index contributed by atoms with van der Waals surface area (Å²) in [5.74, 6) is 1.06. The standard InChI is InChI=1S/C18H23ClN2O/c19-16-8-6-15(7-9-16)13-20-14-17(18-5-4-12-22-18)21-10-2-1-3-11-21/h4-9,12,17,20H,1-3,10-11,13-14H2. The molecule has 1 fully saturated rings. The van der Waals surface area contributed by atoms with E-state index in [2.05, 4.69) is 28.4 Å². The molecule has 0 amide bonds. The first-order valence-corrected chi connectivity index (χ1v) is 8.43. The van der Waals surface area contributed by atoms with Crippen molar-refractivity contribution in [1.82, 2.24) is 10.2 Å². The number of benzene rings is 1. The molecule has 1 atom stereocenters. The maximum atomic E-state index is 5.93. The summed E-state index contributed by atoms with van der Waals surface area (Å²) >= 11 is 5.93. The molecule has 0 radical (unpaired) electrons. The highest BCUT2D eigenvalue weighted by Crippen LogP contribution is 2.24. The number of halogens is 1. The van der Waals surface area contributed by atoms with E-state index >= 15 is 0 Å². The zero-order valence-electron chi connectivity index (χ0n) is 12.8. The normalized spacial score (nSPS) is 17.5. The quantitative estimate of drug-likeness (QED) is 0.863. The maximum absolute atomic E-state index is 5.93. The van der Waals surface area contributed by atoms with Gasteiger partial charge in [-0.2, -0.15) is 0 Å². The van der Waals surface area contributed by atoms with Crippen LogP contribution in [-0.4, -0.2) is 24.5 Å². The third-order valence-corrected chi connectivity index (χ3v) is 4.54. The number of rotatable bonds is 6. The Labute approximate surface area is 137 Å². The molecule has 3 nitrogen and oxygen atoms in total. The van der Waals surface area contributed by atoms with Crippen molar-refractivity contribution in [2.24, 2.45) is 0 Å². The molecule has 1 aromatic heterocycles. The second-order valence-electron chi connectivity index (χ2n) is 5.89. The lowest BCUT2D eigenvalue weighted by atomic mass is 10.1. The van der Waals surface area contributed by atoms with E-state index in [-0.39, 0.29) is 0 Å². The summed E-state index contributed by atoms with van der Waals surface area (Å²) in [6.07, 6.45) is 5.69. The summed E-state index contributed by atoms with van der Waals surface area (Å²) in [4.78, 5) is 2.54. The van der Waals surface area contributed by atoms with Gasteiger partial charge in [0.05, 0.1) is 12.3 Å². The fraction of sp³-hybridized carbons (Fsp3) is 0.444. The SMILES string of the molecule is Clc1ccc(CNCC(c2ccco2)N2CCCCC2)cc1. The van der Waals surface area contributed by atoms with E-state index in [9.17, 15) is 0 Å². The summed E-state index contributed by atoms with van der Waals surface area (Å²) in [6.45, 7) is 4.07. The predicted molar refractivity (Wildman–Crippen MR) is 90.0 cm³/mol. The van der Waals surface area contributed by atoms with Crippen molar-refractivity contribution < 1.29 is 4.42 Å². The molecule has 0 saturated carbocycles. The molecule has 2 aromatic rings. The van der Waals surface area contributed by atoms with E-state index in [0.717, 1.165) is 37.0 Å². The van der Waals surface area contributed by atoms with Gasteiger partial charge in [-0.05, 0) is 55.8 Å². The number of nitrogens with one attached hydrogen (secondary N) is 1. The van der Waals surface area contributed by atoms with Crippen LogP contribution in [0.1, 0.15) is 36.6 Å². The molecule has 0 bridgehead atoms. The number of hydrogen-bond acceptors (Lipinski definition) is 3. The topological polar surface area (TPSA) is 28.4 Å². The summed E-state index contributed by atoms with van der Waals surface area (Å²) in [5, 5.41) is 4.34. The Balaban J connectivity index is 1.59. The van der Waals surface area contributed by atoms with Crippen LogP contribution in [0.25, 0.3) is 0 Å². The molecular weight excluding hydrogens is 296 g/mol. The van der Waals surface area contributed by atoms with Crippen LogP contribution >= 0.6 is 11.6 Å². The molecule has 1 unspecified atom stereocenters. The van der Waals surface area contributed by atoms with Crippen LogP contribution in [-0.2, 0) is 6.54 Å². The molecule has 0 spiro atoms. The zero-order chi connectivity index (χ0) is 15.2. The Kier molecular flexibility index (Phi) is 5.54. The Morgan fingerprint density at radius 2 is 1.86 bits per heavy atom. The van der Waals surface area contributed by atoms with Gasteiger partial charge in [0, 0.05) is 18.1 Å². The van der Waals surface area contributed by atoms with Gasteiger partial charge in [0.1, 0.15) is 5.76 Å². The molecular formula is C18H23ClN2O. The third-order valence-electron chi connectivity index (χ3n) is 4.28. The number of nitrogens with zero attached hydrogens (tertiary/aromatic N) is 1. The Hall–Kier alpha value is -1.29. The van der Waals surface area contributed by atoms with Crippen LogP contribution < -0.4 is 5.32 Å². The molecule has 118 valence electrons. The molecule has 1 aromatic carbocycles. The second kappa shape index (κ2) is 7.82. The van der Waals surface area contributed by atoms with Crippen molar-refractivity contribution in [1.29, 1.82) is 0 Å². The van der Waals surface area contributed by atoms with E-state index in [1.54, 1.807) is 6.26 Å². The molecule has 0 aliphatic carbocycles. The van der Waals surface area contributed by atoms with E-state index < -0.39 is 0 Å². The molecule has 4 heteroatoms. The maximum Gasteiger partial charge on any atom is 0.122 e. The minimum Gasteiger partial charge on any atom is -0.468 e. The van der Waals surface area contributed by atoms with E-state index in [1.807, 2.05) is 18.2 Å². The highest BCUT2D eigenvalue weighted by Gasteiger charge is 2.23. The van der Waals surface area contributed by atoms with Gasteiger partial charge in [0.25, 0.3) is 0 Å². The number of piperidine rings is 1. The lowest BCUT2D eigenvalue weighted by Gasteiger charge is -2.33. The number of likely N-dealkylation sites (tertiary alicyclic amines) is 1. The molecule has 1 N–H and O–H groups in total. The average molecular weight is 319 g/mol. The van der Waals surface area contributed by atoms with Gasteiger partial charge in [-0.1, -0.05) is 30.2 Å². The smallest absolute Gasteiger partial charge is 0.122 e. The van der Waals surface area contributed by atoms with Crippen LogP contribution in [0.5, 0.6) is 0 Å². The first kappa shape index (κ1) is 15.6. The molecule has 1 saturated heterocycles. The van der Waals surface area contributed by atoms with Crippen molar-refractivity contribution in [3.05, 3.63) is 59.0 Å². The molecule has 1 aliphatic rings. The van der Waals surface area contributed by atoms with Gasteiger partial charge >= 0.3 is 0 Å². The third kappa shape index (κ3) is 4.13. The molecule has 1 aliphatic heterocycles. The Morgan fingerprint density at radius 1 is 1.09 bits per heavy atom. The van der Waals surface area contributed by atoms with Gasteiger partial charge in [0.2, 0.25) is 0 Å². The largest absolute Gasteiger partial charge is 0.468 e. The summed E-state index contributed by atoms with van der Waals surface area (Å²) in [5.41, 5.74) is 1.25. The zero-order valence-corrected chi connectivity index (χ0v) is 13.6. The van der Waals surface area contributed by atoms with Gasteiger partial charge in [0.15, 0.2) is 0 Å². The minimum atomic E-state index is 0.322.